The van der Waals surface area contributed by atoms with E-state index in [0.29, 0.717) is 18.9 Å². The van der Waals surface area contributed by atoms with Crippen molar-refractivity contribution in [3.8, 4) is 0 Å². The zero-order chi connectivity index (χ0) is 17.2. The summed E-state index contributed by atoms with van der Waals surface area (Å²) >= 11 is 5.40. The van der Waals surface area contributed by atoms with E-state index in [1.54, 1.807) is 4.52 Å². The van der Waals surface area contributed by atoms with Gasteiger partial charge in [-0.25, -0.2) is 0 Å². The van der Waals surface area contributed by atoms with Gasteiger partial charge in [0.2, 0.25) is 0 Å². The fraction of sp³-hybridized carbons (Fsp3) is 0.400. The first kappa shape index (κ1) is 17.4. The normalized spacial score (nSPS) is 12.3. The van der Waals surface area contributed by atoms with E-state index in [2.05, 4.69) is 15.5 Å². The lowest BCUT2D eigenvalue weighted by Crippen LogP contribution is -2.02. The highest BCUT2D eigenvalue weighted by Gasteiger charge is 2.21. The first-order valence-electron chi connectivity index (χ1n) is 7.70. The first-order valence-corrected chi connectivity index (χ1v) is 10.3. The van der Waals surface area contributed by atoms with Gasteiger partial charge in [-0.3, -0.25) is 0 Å². The minimum atomic E-state index is -2.76. The summed E-state index contributed by atoms with van der Waals surface area (Å²) in [4.78, 5) is 0. The van der Waals surface area contributed by atoms with Crippen LogP contribution in [-0.4, -0.2) is 33.3 Å². The van der Waals surface area contributed by atoms with Crippen LogP contribution >= 0.6 is 6.72 Å². The number of aromatic nitrogens is 4. The maximum absolute atomic E-state index is 5.82. The molecule has 2 heterocycles. The van der Waals surface area contributed by atoms with Crippen molar-refractivity contribution in [2.45, 2.75) is 27.4 Å². The summed E-state index contributed by atoms with van der Waals surface area (Å²) in [6.07, 6.45) is 0. The van der Waals surface area contributed by atoms with Gasteiger partial charge in [0.1, 0.15) is 0 Å². The van der Waals surface area contributed by atoms with Crippen LogP contribution in [0.1, 0.15) is 25.0 Å². The zero-order valence-corrected chi connectivity index (χ0v) is 15.5. The first-order chi connectivity index (χ1) is 11.6. The molecule has 0 saturated carbocycles. The predicted octanol–water partition coefficient (Wildman–Crippen LogP) is 3.40. The Morgan fingerprint density at radius 3 is 2.58 bits per heavy atom. The molecule has 0 spiro atoms. The van der Waals surface area contributed by atoms with Gasteiger partial charge in [0.25, 0.3) is 0 Å². The molecule has 0 amide bonds. The molecule has 9 heteroatoms. The fourth-order valence-corrected chi connectivity index (χ4v) is 4.39. The Hall–Kier alpha value is -1.44. The summed E-state index contributed by atoms with van der Waals surface area (Å²) in [5.41, 5.74) is 3.58. The van der Waals surface area contributed by atoms with Crippen LogP contribution in [0.3, 0.4) is 0 Å². The Morgan fingerprint density at radius 2 is 1.88 bits per heavy atom. The molecule has 0 radical (unpaired) electrons. The van der Waals surface area contributed by atoms with Crippen LogP contribution in [0.4, 0.5) is 0 Å². The van der Waals surface area contributed by atoms with Gasteiger partial charge in [0, 0.05) is 10.9 Å². The summed E-state index contributed by atoms with van der Waals surface area (Å²) in [6.45, 7) is 4.11. The zero-order valence-electron chi connectivity index (χ0n) is 13.8. The second-order valence-corrected chi connectivity index (χ2v) is 8.21. The highest BCUT2D eigenvalue weighted by atomic mass is 32.5. The fourth-order valence-electron chi connectivity index (χ4n) is 2.44. The molecule has 0 N–H and O–H groups in total. The molecule has 0 aliphatic carbocycles. The molecule has 0 aliphatic rings. The van der Waals surface area contributed by atoms with Gasteiger partial charge in [0.15, 0.2) is 5.65 Å². The largest absolute Gasteiger partial charge is 0.327 e. The van der Waals surface area contributed by atoms with E-state index in [1.165, 1.54) is 0 Å². The van der Waals surface area contributed by atoms with E-state index in [-0.39, 0.29) is 6.61 Å². The van der Waals surface area contributed by atoms with E-state index in [4.69, 9.17) is 25.4 Å². The average Bonchev–Trinajstić information content (AvgIpc) is 3.03. The molecule has 0 unspecified atom stereocenters. The van der Waals surface area contributed by atoms with Crippen LogP contribution in [0.2, 0.25) is 0 Å². The number of tetrazole rings is 1. The number of fused-ring (bicyclic) bond motifs is 3. The van der Waals surface area contributed by atoms with Gasteiger partial charge in [-0.2, -0.15) is 4.52 Å². The molecule has 0 bridgehead atoms. The topological polar surface area (TPSA) is 70.8 Å². The maximum Gasteiger partial charge on any atom is 0.327 e. The SMILES string of the molecule is CCOP(=S)(OCC)OCc1cc2ccc(C)cc2n2nnnc12. The number of pyridine rings is 1. The molecular weight excluding hydrogens is 347 g/mol. The number of nitrogens with zero attached hydrogens (tertiary/aromatic N) is 4. The molecule has 0 aliphatic heterocycles. The molecule has 0 atom stereocenters. The molecule has 128 valence electrons. The molecular formula is C15H19N4O3PS. The van der Waals surface area contributed by atoms with Gasteiger partial charge < -0.3 is 13.6 Å². The van der Waals surface area contributed by atoms with Crippen molar-refractivity contribution in [3.05, 3.63) is 35.4 Å². The van der Waals surface area contributed by atoms with Crippen molar-refractivity contribution >= 4 is 35.1 Å². The Morgan fingerprint density at radius 1 is 1.12 bits per heavy atom. The second kappa shape index (κ2) is 7.21. The van der Waals surface area contributed by atoms with E-state index < -0.39 is 6.72 Å². The molecule has 2 aromatic heterocycles. The highest BCUT2D eigenvalue weighted by Crippen LogP contribution is 2.50. The number of benzene rings is 1. The Bertz CT molecular complexity index is 904. The van der Waals surface area contributed by atoms with E-state index in [9.17, 15) is 0 Å². The Balaban J connectivity index is 1.98. The van der Waals surface area contributed by atoms with Crippen LogP contribution in [0.5, 0.6) is 0 Å². The lowest BCUT2D eigenvalue weighted by molar-refractivity contribution is 0.161. The third-order valence-electron chi connectivity index (χ3n) is 3.45. The summed E-state index contributed by atoms with van der Waals surface area (Å²) in [7, 11) is 0. The van der Waals surface area contributed by atoms with Crippen molar-refractivity contribution in [2.75, 3.05) is 13.2 Å². The standard InChI is InChI=1S/C15H19N4O3PS/c1-4-20-23(24,21-5-2)22-10-13-9-12-7-6-11(3)8-14(12)19-15(13)16-17-18-19/h6-9H,4-5,10H2,1-3H3. The molecule has 3 rings (SSSR count). The van der Waals surface area contributed by atoms with Crippen molar-refractivity contribution in [1.29, 1.82) is 0 Å². The third kappa shape index (κ3) is 3.48. The number of rotatable bonds is 7. The van der Waals surface area contributed by atoms with Crippen LogP contribution in [0.25, 0.3) is 16.6 Å². The number of hydrogen-bond acceptors (Lipinski definition) is 7. The van der Waals surface area contributed by atoms with Crippen LogP contribution in [-0.2, 0) is 32.0 Å². The van der Waals surface area contributed by atoms with Gasteiger partial charge in [0.05, 0.1) is 25.3 Å². The summed E-state index contributed by atoms with van der Waals surface area (Å²) in [5.74, 6) is 0. The maximum atomic E-state index is 5.82. The lowest BCUT2D eigenvalue weighted by Gasteiger charge is -2.20. The van der Waals surface area contributed by atoms with Crippen LogP contribution in [0.15, 0.2) is 24.3 Å². The number of hydrogen-bond donors (Lipinski definition) is 0. The molecule has 3 aromatic rings. The minimum Gasteiger partial charge on any atom is -0.309 e. The van der Waals surface area contributed by atoms with Crippen molar-refractivity contribution < 1.29 is 13.6 Å². The highest BCUT2D eigenvalue weighted by molar-refractivity contribution is 8.07. The van der Waals surface area contributed by atoms with Crippen LogP contribution in [0, 0.1) is 6.92 Å². The second-order valence-electron chi connectivity index (χ2n) is 5.20. The quantitative estimate of drug-likeness (QED) is 0.594. The molecule has 0 fully saturated rings. The molecule has 1 aromatic carbocycles. The van der Waals surface area contributed by atoms with Gasteiger partial charge in [-0.15, -0.1) is 5.10 Å². The van der Waals surface area contributed by atoms with Crippen molar-refractivity contribution in [3.63, 3.8) is 0 Å². The average molecular weight is 366 g/mol. The smallest absolute Gasteiger partial charge is 0.309 e. The van der Waals surface area contributed by atoms with E-state index in [1.807, 2.05) is 45.0 Å². The number of aryl methyl sites for hydroxylation is 1. The predicted molar refractivity (Wildman–Crippen MR) is 95.4 cm³/mol. The lowest BCUT2D eigenvalue weighted by atomic mass is 10.1. The van der Waals surface area contributed by atoms with Crippen molar-refractivity contribution in [2.24, 2.45) is 0 Å². The summed E-state index contributed by atoms with van der Waals surface area (Å²) in [5, 5.41) is 13.0. The van der Waals surface area contributed by atoms with Gasteiger partial charge in [-0.05, 0) is 60.7 Å². The molecule has 0 saturated heterocycles. The summed E-state index contributed by atoms with van der Waals surface area (Å²) < 4.78 is 18.6. The van der Waals surface area contributed by atoms with Gasteiger partial charge in [-0.1, -0.05) is 12.1 Å². The Labute approximate surface area is 145 Å². The molecule has 24 heavy (non-hydrogen) atoms. The van der Waals surface area contributed by atoms with Crippen molar-refractivity contribution in [1.82, 2.24) is 20.0 Å². The van der Waals surface area contributed by atoms with E-state index >= 15 is 0 Å². The third-order valence-corrected chi connectivity index (χ3v) is 6.00. The Kier molecular flexibility index (Phi) is 5.22. The summed E-state index contributed by atoms with van der Waals surface area (Å²) in [6, 6.07) is 8.15. The van der Waals surface area contributed by atoms with E-state index in [0.717, 1.165) is 22.0 Å². The minimum absolute atomic E-state index is 0.227. The van der Waals surface area contributed by atoms with Gasteiger partial charge >= 0.3 is 6.72 Å². The molecule has 7 nitrogen and oxygen atoms in total. The monoisotopic (exact) mass is 366 g/mol. The van der Waals surface area contributed by atoms with Crippen LogP contribution < -0.4 is 0 Å².